The molecule has 0 spiro atoms. The van der Waals surface area contributed by atoms with Crippen molar-refractivity contribution in [2.24, 2.45) is 0 Å². The van der Waals surface area contributed by atoms with E-state index in [1.807, 2.05) is 13.8 Å². The lowest BCUT2D eigenvalue weighted by atomic mass is 10.2. The number of thioether (sulfide) groups is 1. The van der Waals surface area contributed by atoms with Gasteiger partial charge in [0.2, 0.25) is 0 Å². The van der Waals surface area contributed by atoms with Gasteiger partial charge in [0.25, 0.3) is 11.6 Å². The highest BCUT2D eigenvalue weighted by Crippen LogP contribution is 2.32. The summed E-state index contributed by atoms with van der Waals surface area (Å²) in [5.74, 6) is -0.0849. The molecule has 114 valence electrons. The molecule has 0 N–H and O–H groups in total. The topological polar surface area (TPSA) is 63.5 Å². The quantitative estimate of drug-likeness (QED) is 0.363. The van der Waals surface area contributed by atoms with Crippen molar-refractivity contribution in [2.45, 2.75) is 19.9 Å². The number of allylic oxidation sites excluding steroid dienone is 2. The van der Waals surface area contributed by atoms with Gasteiger partial charge >= 0.3 is 0 Å². The van der Waals surface area contributed by atoms with Crippen molar-refractivity contribution >= 4 is 46.0 Å². The third kappa shape index (κ3) is 3.61. The third-order valence-electron chi connectivity index (χ3n) is 2.98. The van der Waals surface area contributed by atoms with Crippen LogP contribution in [0.3, 0.4) is 0 Å². The minimum Gasteiger partial charge on any atom is -0.290 e. The average Bonchev–Trinajstić information content (AvgIpc) is 2.74. The van der Waals surface area contributed by atoms with E-state index >= 15 is 0 Å². The second kappa shape index (κ2) is 6.85. The number of nitro groups is 1. The lowest BCUT2D eigenvalue weighted by Gasteiger charge is -2.18. The molecule has 1 amide bonds. The number of carbonyl (C=O) groups excluding carboxylic acids is 1. The molecular formula is C15H14N2O3S2. The van der Waals surface area contributed by atoms with Crippen molar-refractivity contribution < 1.29 is 9.72 Å². The minimum atomic E-state index is -0.440. The Morgan fingerprint density at radius 2 is 1.95 bits per heavy atom. The van der Waals surface area contributed by atoms with Crippen LogP contribution in [0, 0.1) is 10.1 Å². The van der Waals surface area contributed by atoms with Crippen LogP contribution in [0.1, 0.15) is 19.4 Å². The van der Waals surface area contributed by atoms with Crippen molar-refractivity contribution in [1.29, 1.82) is 0 Å². The predicted octanol–water partition coefficient (Wildman–Crippen LogP) is 3.76. The first kappa shape index (κ1) is 16.4. The second-order valence-electron chi connectivity index (χ2n) is 4.88. The molecule has 5 nitrogen and oxygen atoms in total. The molecule has 0 bridgehead atoms. The SMILES string of the molecule is CC(C)N1C(=O)/C(=C\C=C\c2ccc([N+](=O)[O-])cc2)SC1=S. The summed E-state index contributed by atoms with van der Waals surface area (Å²) >= 11 is 6.47. The van der Waals surface area contributed by atoms with E-state index in [1.165, 1.54) is 23.9 Å². The van der Waals surface area contributed by atoms with Crippen LogP contribution in [0.4, 0.5) is 5.69 Å². The highest BCUT2D eigenvalue weighted by molar-refractivity contribution is 8.26. The molecule has 1 saturated heterocycles. The van der Waals surface area contributed by atoms with Gasteiger partial charge in [-0.25, -0.2) is 0 Å². The zero-order chi connectivity index (χ0) is 16.3. The van der Waals surface area contributed by atoms with Crippen LogP contribution >= 0.6 is 24.0 Å². The van der Waals surface area contributed by atoms with Gasteiger partial charge < -0.3 is 0 Å². The lowest BCUT2D eigenvalue weighted by Crippen LogP contribution is -2.34. The number of non-ortho nitro benzene ring substituents is 1. The van der Waals surface area contributed by atoms with Gasteiger partial charge in [-0.05, 0) is 37.6 Å². The summed E-state index contributed by atoms with van der Waals surface area (Å²) in [6, 6.07) is 6.23. The fraction of sp³-hybridized carbons (Fsp3) is 0.200. The van der Waals surface area contributed by atoms with Crippen molar-refractivity contribution in [1.82, 2.24) is 4.90 Å². The molecule has 7 heteroatoms. The first-order valence-corrected chi connectivity index (χ1v) is 7.81. The molecule has 1 heterocycles. The maximum Gasteiger partial charge on any atom is 0.269 e. The van der Waals surface area contributed by atoms with Crippen LogP contribution in [0.25, 0.3) is 6.08 Å². The molecular weight excluding hydrogens is 320 g/mol. The van der Waals surface area contributed by atoms with Crippen molar-refractivity contribution in [3.63, 3.8) is 0 Å². The Morgan fingerprint density at radius 3 is 2.45 bits per heavy atom. The first-order valence-electron chi connectivity index (χ1n) is 6.58. The molecule has 1 aliphatic rings. The smallest absolute Gasteiger partial charge is 0.269 e. The zero-order valence-electron chi connectivity index (χ0n) is 12.1. The van der Waals surface area contributed by atoms with E-state index in [-0.39, 0.29) is 17.6 Å². The van der Waals surface area contributed by atoms with E-state index < -0.39 is 4.92 Å². The van der Waals surface area contributed by atoms with Gasteiger partial charge in [0.05, 0.1) is 9.83 Å². The monoisotopic (exact) mass is 334 g/mol. The standard InChI is InChI=1S/C15H14N2O3S2/c1-10(2)16-14(18)13(22-15(16)21)5-3-4-11-6-8-12(9-7-11)17(19)20/h3-10H,1-2H3/b4-3+,13-5+. The summed E-state index contributed by atoms with van der Waals surface area (Å²) in [5.41, 5.74) is 0.871. The molecule has 22 heavy (non-hydrogen) atoms. The first-order chi connectivity index (χ1) is 10.4. The number of carbonyl (C=O) groups is 1. The highest BCUT2D eigenvalue weighted by Gasteiger charge is 2.33. The Kier molecular flexibility index (Phi) is 5.10. The summed E-state index contributed by atoms with van der Waals surface area (Å²) in [6.45, 7) is 3.83. The molecule has 0 saturated carbocycles. The number of hydrogen-bond acceptors (Lipinski definition) is 5. The highest BCUT2D eigenvalue weighted by atomic mass is 32.2. The van der Waals surface area contributed by atoms with Crippen LogP contribution in [-0.4, -0.2) is 26.1 Å². The van der Waals surface area contributed by atoms with Crippen LogP contribution in [0.15, 0.2) is 41.3 Å². The Hall–Kier alpha value is -1.99. The average molecular weight is 334 g/mol. The van der Waals surface area contributed by atoms with Crippen LogP contribution in [-0.2, 0) is 4.79 Å². The van der Waals surface area contributed by atoms with E-state index in [2.05, 4.69) is 0 Å². The second-order valence-corrected chi connectivity index (χ2v) is 6.55. The number of hydrogen-bond donors (Lipinski definition) is 0. The van der Waals surface area contributed by atoms with Crippen molar-refractivity contribution in [3.8, 4) is 0 Å². The molecule has 1 aromatic rings. The Balaban J connectivity index is 2.10. The summed E-state index contributed by atoms with van der Waals surface area (Å²) in [4.78, 5) is 24.5. The van der Waals surface area contributed by atoms with Gasteiger partial charge in [0, 0.05) is 18.2 Å². The van der Waals surface area contributed by atoms with Gasteiger partial charge in [-0.2, -0.15) is 0 Å². The summed E-state index contributed by atoms with van der Waals surface area (Å²) < 4.78 is 0.565. The summed E-state index contributed by atoms with van der Waals surface area (Å²) in [6.07, 6.45) is 5.24. The fourth-order valence-electron chi connectivity index (χ4n) is 1.89. The number of thiocarbonyl (C=S) groups is 1. The molecule has 1 aromatic carbocycles. The summed E-state index contributed by atoms with van der Waals surface area (Å²) in [7, 11) is 0. The number of rotatable bonds is 4. The van der Waals surface area contributed by atoms with E-state index in [0.717, 1.165) is 5.56 Å². The number of nitrogens with zero attached hydrogens (tertiary/aromatic N) is 2. The van der Waals surface area contributed by atoms with Gasteiger partial charge in [-0.15, -0.1) is 0 Å². The molecule has 1 fully saturated rings. The van der Waals surface area contributed by atoms with E-state index in [9.17, 15) is 14.9 Å². The fourth-order valence-corrected chi connectivity index (χ4v) is 3.37. The number of amides is 1. The predicted molar refractivity (Wildman–Crippen MR) is 92.4 cm³/mol. The van der Waals surface area contributed by atoms with Crippen LogP contribution < -0.4 is 0 Å². The zero-order valence-corrected chi connectivity index (χ0v) is 13.7. The van der Waals surface area contributed by atoms with E-state index in [0.29, 0.717) is 9.23 Å². The van der Waals surface area contributed by atoms with Crippen molar-refractivity contribution in [3.05, 3.63) is 57.0 Å². The van der Waals surface area contributed by atoms with Crippen molar-refractivity contribution in [2.75, 3.05) is 0 Å². The van der Waals surface area contributed by atoms with Gasteiger partial charge in [-0.3, -0.25) is 19.8 Å². The molecule has 1 aliphatic heterocycles. The van der Waals surface area contributed by atoms with E-state index in [4.69, 9.17) is 12.2 Å². The van der Waals surface area contributed by atoms with Crippen LogP contribution in [0.2, 0.25) is 0 Å². The Bertz CT molecular complexity index is 679. The molecule has 0 radical (unpaired) electrons. The van der Waals surface area contributed by atoms with Gasteiger partial charge in [-0.1, -0.05) is 36.1 Å². The van der Waals surface area contributed by atoms with Crippen LogP contribution in [0.5, 0.6) is 0 Å². The molecule has 0 aromatic heterocycles. The minimum absolute atomic E-state index is 0.0389. The maximum absolute atomic E-state index is 12.2. The summed E-state index contributed by atoms with van der Waals surface area (Å²) in [5, 5.41) is 10.6. The molecule has 0 unspecified atom stereocenters. The third-order valence-corrected chi connectivity index (χ3v) is 4.33. The van der Waals surface area contributed by atoms with Gasteiger partial charge in [0.15, 0.2) is 0 Å². The molecule has 0 aliphatic carbocycles. The number of nitro benzene ring substituents is 1. The lowest BCUT2D eigenvalue weighted by molar-refractivity contribution is -0.384. The number of benzene rings is 1. The Labute approximate surface area is 137 Å². The molecule has 0 atom stereocenters. The Morgan fingerprint density at radius 1 is 1.32 bits per heavy atom. The largest absolute Gasteiger partial charge is 0.290 e. The normalized spacial score (nSPS) is 17.2. The molecule has 2 rings (SSSR count). The van der Waals surface area contributed by atoms with E-state index in [1.54, 1.807) is 35.3 Å². The maximum atomic E-state index is 12.2. The van der Waals surface area contributed by atoms with Gasteiger partial charge in [0.1, 0.15) is 4.32 Å².